The quantitative estimate of drug-likeness (QED) is 0.589. The molecule has 0 fully saturated rings. The summed E-state index contributed by atoms with van der Waals surface area (Å²) in [4.78, 5) is 21.2. The molecule has 134 valence electrons. The van der Waals surface area contributed by atoms with Crippen LogP contribution >= 0.6 is 0 Å². The van der Waals surface area contributed by atoms with E-state index in [2.05, 4.69) is 15.3 Å². The first-order valence-electron chi connectivity index (χ1n) is 8.52. The number of hydrogen-bond acceptors (Lipinski definition) is 4. The molecule has 0 atom stereocenters. The normalized spacial score (nSPS) is 10.9. The van der Waals surface area contributed by atoms with E-state index in [1.54, 1.807) is 19.4 Å². The van der Waals surface area contributed by atoms with Crippen molar-refractivity contribution in [2.75, 3.05) is 12.4 Å². The molecule has 2 aromatic heterocycles. The third-order valence-electron chi connectivity index (χ3n) is 4.17. The summed E-state index contributed by atoms with van der Waals surface area (Å²) in [6.07, 6.45) is 5.55. The Labute approximate surface area is 156 Å². The molecule has 0 radical (unpaired) electrons. The largest absolute Gasteiger partial charge is 0.380 e. The lowest BCUT2D eigenvalue weighted by atomic mass is 10.1. The zero-order valence-electron chi connectivity index (χ0n) is 14.8. The van der Waals surface area contributed by atoms with E-state index in [9.17, 15) is 4.79 Å². The van der Waals surface area contributed by atoms with E-state index in [0.29, 0.717) is 17.9 Å². The van der Waals surface area contributed by atoms with E-state index in [0.717, 1.165) is 22.5 Å². The summed E-state index contributed by atoms with van der Waals surface area (Å²) in [7, 11) is 1.63. The highest BCUT2D eigenvalue weighted by atomic mass is 16.5. The van der Waals surface area contributed by atoms with Gasteiger partial charge in [0.25, 0.3) is 5.91 Å². The van der Waals surface area contributed by atoms with Gasteiger partial charge in [-0.2, -0.15) is 0 Å². The monoisotopic (exact) mass is 358 g/mol. The standard InChI is InChI=1S/C21H18N4O2/c1-27-14-15-4-2-5-17(12-15)20(26)23-18-8-6-16(7-9-18)19-13-25-11-3-10-22-21(25)24-19/h2-13H,14H2,1H3,(H,23,26). The Kier molecular flexibility index (Phi) is 4.63. The Morgan fingerprint density at radius 1 is 1.15 bits per heavy atom. The van der Waals surface area contributed by atoms with Gasteiger partial charge in [-0.15, -0.1) is 0 Å². The fourth-order valence-corrected chi connectivity index (χ4v) is 2.87. The highest BCUT2D eigenvalue weighted by Crippen LogP contribution is 2.21. The molecule has 0 spiro atoms. The van der Waals surface area contributed by atoms with E-state index in [1.165, 1.54) is 0 Å². The minimum absolute atomic E-state index is 0.155. The molecule has 27 heavy (non-hydrogen) atoms. The van der Waals surface area contributed by atoms with Gasteiger partial charge in [-0.05, 0) is 35.9 Å². The van der Waals surface area contributed by atoms with Crippen LogP contribution in [-0.2, 0) is 11.3 Å². The molecule has 0 aliphatic heterocycles. The average Bonchev–Trinajstić information content (AvgIpc) is 3.13. The summed E-state index contributed by atoms with van der Waals surface area (Å²) >= 11 is 0. The van der Waals surface area contributed by atoms with Crippen molar-refractivity contribution in [2.45, 2.75) is 6.61 Å². The Morgan fingerprint density at radius 3 is 2.78 bits per heavy atom. The predicted molar refractivity (Wildman–Crippen MR) is 104 cm³/mol. The van der Waals surface area contributed by atoms with Gasteiger partial charge >= 0.3 is 0 Å². The predicted octanol–water partition coefficient (Wildman–Crippen LogP) is 3.80. The summed E-state index contributed by atoms with van der Waals surface area (Å²) in [6.45, 7) is 0.476. The maximum atomic E-state index is 12.5. The molecule has 1 N–H and O–H groups in total. The molecule has 0 aliphatic rings. The molecule has 0 bridgehead atoms. The van der Waals surface area contributed by atoms with Crippen molar-refractivity contribution in [3.63, 3.8) is 0 Å². The molecule has 4 aromatic rings. The van der Waals surface area contributed by atoms with Crippen LogP contribution in [0.5, 0.6) is 0 Å². The number of hydrogen-bond donors (Lipinski definition) is 1. The van der Waals surface area contributed by atoms with Crippen LogP contribution in [0.2, 0.25) is 0 Å². The topological polar surface area (TPSA) is 68.5 Å². The number of methoxy groups -OCH3 is 1. The minimum Gasteiger partial charge on any atom is -0.380 e. The third kappa shape index (κ3) is 3.70. The lowest BCUT2D eigenvalue weighted by Crippen LogP contribution is -2.12. The van der Waals surface area contributed by atoms with Gasteiger partial charge in [0, 0.05) is 42.5 Å². The summed E-state index contributed by atoms with van der Waals surface area (Å²) in [5.41, 5.74) is 4.07. The van der Waals surface area contributed by atoms with Crippen molar-refractivity contribution >= 4 is 17.4 Å². The van der Waals surface area contributed by atoms with Crippen LogP contribution in [0.4, 0.5) is 5.69 Å². The van der Waals surface area contributed by atoms with E-state index < -0.39 is 0 Å². The number of imidazole rings is 1. The molecular weight excluding hydrogens is 340 g/mol. The molecule has 0 unspecified atom stereocenters. The molecule has 1 amide bonds. The number of ether oxygens (including phenoxy) is 1. The number of carbonyl (C=O) groups is 1. The van der Waals surface area contributed by atoms with Gasteiger partial charge in [-0.25, -0.2) is 9.97 Å². The van der Waals surface area contributed by atoms with Gasteiger partial charge in [0.2, 0.25) is 5.78 Å². The summed E-state index contributed by atoms with van der Waals surface area (Å²) in [6, 6.07) is 16.8. The molecule has 2 aromatic carbocycles. The van der Waals surface area contributed by atoms with Gasteiger partial charge in [-0.1, -0.05) is 24.3 Å². The molecular formula is C21H18N4O2. The zero-order valence-corrected chi connectivity index (χ0v) is 14.8. The van der Waals surface area contributed by atoms with E-state index >= 15 is 0 Å². The van der Waals surface area contributed by atoms with Gasteiger partial charge in [0.15, 0.2) is 0 Å². The summed E-state index contributed by atoms with van der Waals surface area (Å²) in [5.74, 6) is 0.499. The molecule has 4 rings (SSSR count). The number of aromatic nitrogens is 3. The van der Waals surface area contributed by atoms with Crippen LogP contribution in [0.25, 0.3) is 17.0 Å². The molecule has 0 saturated carbocycles. The van der Waals surface area contributed by atoms with Crippen LogP contribution in [0.1, 0.15) is 15.9 Å². The van der Waals surface area contributed by atoms with E-state index in [4.69, 9.17) is 4.74 Å². The first-order valence-corrected chi connectivity index (χ1v) is 8.52. The highest BCUT2D eigenvalue weighted by Gasteiger charge is 2.08. The smallest absolute Gasteiger partial charge is 0.255 e. The van der Waals surface area contributed by atoms with Crippen molar-refractivity contribution in [2.24, 2.45) is 0 Å². The lowest BCUT2D eigenvalue weighted by Gasteiger charge is -2.07. The van der Waals surface area contributed by atoms with E-state index in [-0.39, 0.29) is 5.91 Å². The first kappa shape index (κ1) is 16.9. The van der Waals surface area contributed by atoms with E-state index in [1.807, 2.05) is 65.3 Å². The van der Waals surface area contributed by atoms with Crippen LogP contribution < -0.4 is 5.32 Å². The second-order valence-electron chi connectivity index (χ2n) is 6.12. The Morgan fingerprint density at radius 2 is 2.00 bits per heavy atom. The number of nitrogens with zero attached hydrogens (tertiary/aromatic N) is 3. The average molecular weight is 358 g/mol. The number of carbonyl (C=O) groups excluding carboxylic acids is 1. The number of anilines is 1. The maximum Gasteiger partial charge on any atom is 0.255 e. The number of nitrogens with one attached hydrogen (secondary N) is 1. The molecule has 6 heteroatoms. The van der Waals surface area contributed by atoms with Gasteiger partial charge in [0.05, 0.1) is 12.3 Å². The fraction of sp³-hybridized carbons (Fsp3) is 0.0952. The second-order valence-corrected chi connectivity index (χ2v) is 6.12. The maximum absolute atomic E-state index is 12.5. The SMILES string of the molecule is COCc1cccc(C(=O)Nc2ccc(-c3cn4cccnc4n3)cc2)c1. The number of rotatable bonds is 5. The van der Waals surface area contributed by atoms with Crippen molar-refractivity contribution in [3.8, 4) is 11.3 Å². The van der Waals surface area contributed by atoms with Crippen LogP contribution in [0.3, 0.4) is 0 Å². The van der Waals surface area contributed by atoms with Crippen LogP contribution in [0.15, 0.2) is 73.2 Å². The van der Waals surface area contributed by atoms with Crippen molar-refractivity contribution in [1.82, 2.24) is 14.4 Å². The minimum atomic E-state index is -0.155. The summed E-state index contributed by atoms with van der Waals surface area (Å²) < 4.78 is 6.99. The zero-order chi connectivity index (χ0) is 18.6. The summed E-state index contributed by atoms with van der Waals surface area (Å²) in [5, 5.41) is 2.92. The van der Waals surface area contributed by atoms with Crippen LogP contribution in [0, 0.1) is 0 Å². The van der Waals surface area contributed by atoms with Gasteiger partial charge in [-0.3, -0.25) is 9.20 Å². The van der Waals surface area contributed by atoms with Crippen LogP contribution in [-0.4, -0.2) is 27.4 Å². The second kappa shape index (κ2) is 7.39. The van der Waals surface area contributed by atoms with Gasteiger partial charge < -0.3 is 10.1 Å². The lowest BCUT2D eigenvalue weighted by molar-refractivity contribution is 0.102. The third-order valence-corrected chi connectivity index (χ3v) is 4.17. The van der Waals surface area contributed by atoms with Crippen molar-refractivity contribution in [3.05, 3.63) is 84.3 Å². The number of amides is 1. The van der Waals surface area contributed by atoms with Crippen molar-refractivity contribution < 1.29 is 9.53 Å². The fourth-order valence-electron chi connectivity index (χ4n) is 2.87. The van der Waals surface area contributed by atoms with Gasteiger partial charge in [0.1, 0.15) is 0 Å². The molecule has 2 heterocycles. The number of fused-ring (bicyclic) bond motifs is 1. The highest BCUT2D eigenvalue weighted by molar-refractivity contribution is 6.04. The van der Waals surface area contributed by atoms with Crippen molar-refractivity contribution in [1.29, 1.82) is 0 Å². The Hall–Kier alpha value is -3.51. The molecule has 0 aliphatic carbocycles. The first-order chi connectivity index (χ1) is 13.2. The Balaban J connectivity index is 1.50. The number of benzene rings is 2. The Bertz CT molecular complexity index is 1050. The molecule has 6 nitrogen and oxygen atoms in total. The molecule has 0 saturated heterocycles.